The minimum atomic E-state index is 0.277. The van der Waals surface area contributed by atoms with Crippen molar-refractivity contribution < 1.29 is 9.47 Å². The van der Waals surface area contributed by atoms with Gasteiger partial charge in [-0.15, -0.1) is 10.2 Å². The number of halogens is 1. The van der Waals surface area contributed by atoms with Crippen molar-refractivity contribution in [1.29, 1.82) is 0 Å². The summed E-state index contributed by atoms with van der Waals surface area (Å²) in [7, 11) is 1.71. The topological polar surface area (TPSA) is 49.2 Å². The zero-order chi connectivity index (χ0) is 13.0. The summed E-state index contributed by atoms with van der Waals surface area (Å²) in [5.41, 5.74) is 0. The molecule has 2 heterocycles. The molecule has 6 heteroatoms. The molecule has 0 bridgehead atoms. The normalized spacial score (nSPS) is 23.7. The maximum atomic E-state index is 5.75. The molecule has 102 valence electrons. The molecule has 1 saturated heterocycles. The monoisotopic (exact) mass is 317 g/mol. The predicted octanol–water partition coefficient (Wildman–Crippen LogP) is 2.10. The molecule has 1 aromatic heterocycles. The summed E-state index contributed by atoms with van der Waals surface area (Å²) >= 11 is 3.46. The van der Waals surface area contributed by atoms with E-state index in [4.69, 9.17) is 9.47 Å². The molecule has 0 radical (unpaired) electrons. The Morgan fingerprint density at radius 3 is 3.00 bits per heavy atom. The number of methoxy groups -OCH3 is 1. The van der Waals surface area contributed by atoms with Gasteiger partial charge in [-0.1, -0.05) is 22.9 Å². The van der Waals surface area contributed by atoms with Gasteiger partial charge in [-0.3, -0.25) is 0 Å². The quantitative estimate of drug-likeness (QED) is 0.754. The third-order valence-electron chi connectivity index (χ3n) is 3.44. The molecule has 1 aliphatic rings. The van der Waals surface area contributed by atoms with E-state index in [0.717, 1.165) is 37.6 Å². The van der Waals surface area contributed by atoms with Crippen LogP contribution in [0.4, 0.5) is 0 Å². The van der Waals surface area contributed by atoms with Crippen LogP contribution in [0.25, 0.3) is 0 Å². The van der Waals surface area contributed by atoms with Crippen LogP contribution in [0.5, 0.6) is 0 Å². The Hall–Kier alpha value is -0.460. The van der Waals surface area contributed by atoms with Crippen molar-refractivity contribution in [2.75, 3.05) is 20.3 Å². The average Bonchev–Trinajstić information content (AvgIpc) is 3.01. The van der Waals surface area contributed by atoms with E-state index in [1.165, 1.54) is 0 Å². The van der Waals surface area contributed by atoms with Gasteiger partial charge in [0, 0.05) is 26.2 Å². The molecule has 0 aliphatic carbocycles. The molecule has 1 aromatic rings. The fourth-order valence-corrected chi connectivity index (χ4v) is 2.91. The van der Waals surface area contributed by atoms with E-state index in [1.807, 2.05) is 0 Å². The molecule has 0 amide bonds. The van der Waals surface area contributed by atoms with Gasteiger partial charge < -0.3 is 14.0 Å². The van der Waals surface area contributed by atoms with Crippen LogP contribution in [0.15, 0.2) is 0 Å². The first-order chi connectivity index (χ1) is 8.81. The minimum Gasteiger partial charge on any atom is -0.383 e. The van der Waals surface area contributed by atoms with Crippen LogP contribution in [0.1, 0.15) is 37.3 Å². The van der Waals surface area contributed by atoms with Crippen molar-refractivity contribution in [3.05, 3.63) is 11.6 Å². The van der Waals surface area contributed by atoms with Crippen LogP contribution in [0.2, 0.25) is 0 Å². The third kappa shape index (κ3) is 2.75. The standard InChI is InChI=1S/C12H20BrN3O2/c1-3-10-9(4-6-18-10)12-15-14-11(8-13)16(12)5-7-17-2/h9-10H,3-8H2,1-2H3. The highest BCUT2D eigenvalue weighted by atomic mass is 79.9. The summed E-state index contributed by atoms with van der Waals surface area (Å²) in [6, 6.07) is 0. The average molecular weight is 318 g/mol. The molecule has 0 N–H and O–H groups in total. The Morgan fingerprint density at radius 2 is 2.33 bits per heavy atom. The molecule has 1 aliphatic heterocycles. The van der Waals surface area contributed by atoms with Gasteiger partial charge >= 0.3 is 0 Å². The Labute approximate surface area is 116 Å². The lowest BCUT2D eigenvalue weighted by Gasteiger charge is -2.17. The van der Waals surface area contributed by atoms with Crippen LogP contribution in [-0.4, -0.2) is 41.2 Å². The second-order valence-corrected chi connectivity index (χ2v) is 5.03. The lowest BCUT2D eigenvalue weighted by atomic mass is 9.98. The van der Waals surface area contributed by atoms with E-state index in [2.05, 4.69) is 37.6 Å². The number of nitrogens with zero attached hydrogens (tertiary/aromatic N) is 3. The first kappa shape index (κ1) is 14.0. The van der Waals surface area contributed by atoms with Crippen LogP contribution < -0.4 is 0 Å². The van der Waals surface area contributed by atoms with Crippen molar-refractivity contribution in [2.45, 2.75) is 43.7 Å². The van der Waals surface area contributed by atoms with E-state index in [0.29, 0.717) is 17.9 Å². The van der Waals surface area contributed by atoms with Gasteiger partial charge in [-0.2, -0.15) is 0 Å². The minimum absolute atomic E-state index is 0.277. The highest BCUT2D eigenvalue weighted by Gasteiger charge is 2.32. The van der Waals surface area contributed by atoms with Crippen molar-refractivity contribution in [3.8, 4) is 0 Å². The van der Waals surface area contributed by atoms with Gasteiger partial charge in [0.05, 0.1) is 18.0 Å². The molecule has 0 aromatic carbocycles. The zero-order valence-electron chi connectivity index (χ0n) is 10.9. The van der Waals surface area contributed by atoms with Crippen molar-refractivity contribution in [1.82, 2.24) is 14.8 Å². The summed E-state index contributed by atoms with van der Waals surface area (Å²) in [6.07, 6.45) is 2.33. The first-order valence-electron chi connectivity index (χ1n) is 6.40. The molecule has 5 nitrogen and oxygen atoms in total. The largest absolute Gasteiger partial charge is 0.383 e. The maximum Gasteiger partial charge on any atom is 0.143 e. The molecule has 2 unspecified atom stereocenters. The van der Waals surface area contributed by atoms with E-state index in [9.17, 15) is 0 Å². The number of aromatic nitrogens is 3. The fraction of sp³-hybridized carbons (Fsp3) is 0.833. The number of hydrogen-bond acceptors (Lipinski definition) is 4. The SMILES string of the molecule is CCC1OCCC1c1nnc(CBr)n1CCOC. The summed E-state index contributed by atoms with van der Waals surface area (Å²) in [4.78, 5) is 0. The van der Waals surface area contributed by atoms with Crippen LogP contribution in [-0.2, 0) is 21.3 Å². The molecule has 18 heavy (non-hydrogen) atoms. The van der Waals surface area contributed by atoms with E-state index in [1.54, 1.807) is 7.11 Å². The highest BCUT2D eigenvalue weighted by molar-refractivity contribution is 9.08. The third-order valence-corrected chi connectivity index (χ3v) is 3.94. The van der Waals surface area contributed by atoms with E-state index >= 15 is 0 Å². The summed E-state index contributed by atoms with van der Waals surface area (Å²) in [6.45, 7) is 4.45. The highest BCUT2D eigenvalue weighted by Crippen LogP contribution is 2.32. The smallest absolute Gasteiger partial charge is 0.143 e. The second-order valence-electron chi connectivity index (χ2n) is 4.47. The fourth-order valence-electron chi connectivity index (χ4n) is 2.49. The van der Waals surface area contributed by atoms with Gasteiger partial charge in [-0.25, -0.2) is 0 Å². The van der Waals surface area contributed by atoms with Crippen LogP contribution in [0, 0.1) is 0 Å². The van der Waals surface area contributed by atoms with Gasteiger partial charge in [0.2, 0.25) is 0 Å². The van der Waals surface area contributed by atoms with Gasteiger partial charge in [0.25, 0.3) is 0 Å². The Kier molecular flexibility index (Phi) is 5.14. The molecule has 0 saturated carbocycles. The van der Waals surface area contributed by atoms with Gasteiger partial charge in [0.1, 0.15) is 11.6 Å². The number of rotatable bonds is 6. The Bertz CT molecular complexity index is 383. The Balaban J connectivity index is 2.23. The maximum absolute atomic E-state index is 5.75. The summed E-state index contributed by atoms with van der Waals surface area (Å²) < 4.78 is 13.1. The number of alkyl halides is 1. The molecule has 0 spiro atoms. The van der Waals surface area contributed by atoms with Crippen LogP contribution >= 0.6 is 15.9 Å². The lowest BCUT2D eigenvalue weighted by molar-refractivity contribution is 0.0983. The Morgan fingerprint density at radius 1 is 1.50 bits per heavy atom. The van der Waals surface area contributed by atoms with Crippen LogP contribution in [0.3, 0.4) is 0 Å². The number of ether oxygens (including phenoxy) is 2. The predicted molar refractivity (Wildman–Crippen MR) is 71.9 cm³/mol. The van der Waals surface area contributed by atoms with Crippen molar-refractivity contribution in [2.24, 2.45) is 0 Å². The van der Waals surface area contributed by atoms with Crippen molar-refractivity contribution in [3.63, 3.8) is 0 Å². The molecular formula is C12H20BrN3O2. The van der Waals surface area contributed by atoms with E-state index < -0.39 is 0 Å². The molecule has 2 rings (SSSR count). The summed E-state index contributed by atoms with van der Waals surface area (Å²) in [5.74, 6) is 2.38. The van der Waals surface area contributed by atoms with Crippen molar-refractivity contribution >= 4 is 15.9 Å². The molecule has 2 atom stereocenters. The molecule has 1 fully saturated rings. The lowest BCUT2D eigenvalue weighted by Crippen LogP contribution is -2.19. The second kappa shape index (κ2) is 6.63. The van der Waals surface area contributed by atoms with Gasteiger partial charge in [-0.05, 0) is 12.8 Å². The number of hydrogen-bond donors (Lipinski definition) is 0. The zero-order valence-corrected chi connectivity index (χ0v) is 12.5. The first-order valence-corrected chi connectivity index (χ1v) is 7.52. The summed E-state index contributed by atoms with van der Waals surface area (Å²) in [5, 5.41) is 9.34. The van der Waals surface area contributed by atoms with E-state index in [-0.39, 0.29) is 6.10 Å². The van der Waals surface area contributed by atoms with Gasteiger partial charge in [0.15, 0.2) is 0 Å². The molecular weight excluding hydrogens is 298 g/mol.